The second-order valence-corrected chi connectivity index (χ2v) is 5.81. The maximum atomic E-state index is 5.87. The summed E-state index contributed by atoms with van der Waals surface area (Å²) in [6, 6.07) is 0. The number of rotatable bonds is 8. The largest absolute Gasteiger partial charge is 0.379 e. The van der Waals surface area contributed by atoms with E-state index in [1.54, 1.807) is 0 Å². The number of ether oxygens (including phenoxy) is 2. The summed E-state index contributed by atoms with van der Waals surface area (Å²) in [6.07, 6.45) is 3.67. The Morgan fingerprint density at radius 1 is 1.20 bits per heavy atom. The Balaban J connectivity index is 3.53. The van der Waals surface area contributed by atoms with Gasteiger partial charge in [-0.1, -0.05) is 29.5 Å². The second-order valence-electron chi connectivity index (χ2n) is 4.73. The molecule has 0 N–H and O–H groups in total. The van der Waals surface area contributed by atoms with Gasteiger partial charge < -0.3 is 9.47 Å². The van der Waals surface area contributed by atoms with Crippen molar-refractivity contribution >= 4 is 22.6 Å². The first-order valence-electron chi connectivity index (χ1n) is 5.81. The molecule has 0 aromatic heterocycles. The minimum atomic E-state index is -0.0632. The van der Waals surface area contributed by atoms with Crippen LogP contribution in [-0.4, -0.2) is 29.3 Å². The predicted octanol–water partition coefficient (Wildman–Crippen LogP) is 3.81. The fourth-order valence-corrected chi connectivity index (χ4v) is 1.79. The Morgan fingerprint density at radius 2 is 1.87 bits per heavy atom. The Hall–Kier alpha value is 0.650. The van der Waals surface area contributed by atoms with Crippen LogP contribution in [0.25, 0.3) is 0 Å². The highest BCUT2D eigenvalue weighted by Crippen LogP contribution is 2.13. The molecule has 0 rings (SSSR count). The molecule has 0 spiro atoms. The fourth-order valence-electron chi connectivity index (χ4n) is 1.25. The van der Waals surface area contributed by atoms with E-state index in [1.807, 2.05) is 0 Å². The molecule has 0 fully saturated rings. The van der Waals surface area contributed by atoms with Crippen molar-refractivity contribution in [3.8, 4) is 0 Å². The van der Waals surface area contributed by atoms with Gasteiger partial charge in [0.2, 0.25) is 0 Å². The van der Waals surface area contributed by atoms with Gasteiger partial charge in [-0.3, -0.25) is 0 Å². The molecule has 0 bridgehead atoms. The minimum absolute atomic E-state index is 0.0632. The lowest BCUT2D eigenvalue weighted by atomic mass is 10.1. The monoisotopic (exact) mass is 328 g/mol. The molecule has 0 saturated heterocycles. The molecule has 3 heteroatoms. The second kappa shape index (κ2) is 8.76. The summed E-state index contributed by atoms with van der Waals surface area (Å²) in [5.41, 5.74) is -0.0632. The molecule has 0 amide bonds. The van der Waals surface area contributed by atoms with E-state index < -0.39 is 0 Å². The lowest BCUT2D eigenvalue weighted by Gasteiger charge is -2.26. The van der Waals surface area contributed by atoms with Crippen molar-refractivity contribution in [3.05, 3.63) is 0 Å². The van der Waals surface area contributed by atoms with Crippen LogP contribution in [0.2, 0.25) is 0 Å². The summed E-state index contributed by atoms with van der Waals surface area (Å²) in [7, 11) is 0. The summed E-state index contributed by atoms with van der Waals surface area (Å²) >= 11 is 2.40. The van der Waals surface area contributed by atoms with Crippen molar-refractivity contribution in [2.45, 2.75) is 58.7 Å². The Labute approximate surface area is 108 Å². The molecule has 15 heavy (non-hydrogen) atoms. The molecule has 0 saturated carbocycles. The molecule has 0 radical (unpaired) electrons. The van der Waals surface area contributed by atoms with Crippen LogP contribution < -0.4 is 0 Å². The van der Waals surface area contributed by atoms with Crippen LogP contribution in [-0.2, 0) is 9.47 Å². The quantitative estimate of drug-likeness (QED) is 0.383. The van der Waals surface area contributed by atoms with Crippen molar-refractivity contribution in [2.75, 3.05) is 17.6 Å². The zero-order valence-electron chi connectivity index (χ0n) is 10.5. The van der Waals surface area contributed by atoms with Gasteiger partial charge in [0.1, 0.15) is 0 Å². The van der Waals surface area contributed by atoms with E-state index in [2.05, 4.69) is 50.3 Å². The van der Waals surface area contributed by atoms with Crippen LogP contribution in [0.1, 0.15) is 47.0 Å². The van der Waals surface area contributed by atoms with Crippen molar-refractivity contribution < 1.29 is 9.47 Å². The van der Waals surface area contributed by atoms with Gasteiger partial charge >= 0.3 is 0 Å². The summed E-state index contributed by atoms with van der Waals surface area (Å²) in [4.78, 5) is 0. The van der Waals surface area contributed by atoms with E-state index >= 15 is 0 Å². The SMILES string of the molecule is CCC(COCCCCI)OC(C)(C)C. The van der Waals surface area contributed by atoms with Gasteiger partial charge in [0, 0.05) is 6.61 Å². The normalized spacial score (nSPS) is 14.2. The van der Waals surface area contributed by atoms with Crippen LogP contribution in [0.4, 0.5) is 0 Å². The van der Waals surface area contributed by atoms with Gasteiger partial charge in [-0.15, -0.1) is 0 Å². The highest BCUT2D eigenvalue weighted by atomic mass is 127. The first kappa shape index (κ1) is 15.7. The summed E-state index contributed by atoms with van der Waals surface area (Å²) in [6.45, 7) is 10.0. The summed E-state index contributed by atoms with van der Waals surface area (Å²) in [5.74, 6) is 0. The summed E-state index contributed by atoms with van der Waals surface area (Å²) in [5, 5.41) is 0. The third-order valence-electron chi connectivity index (χ3n) is 1.95. The average molecular weight is 328 g/mol. The molecular formula is C12H25IO2. The Bertz CT molecular complexity index is 143. The molecular weight excluding hydrogens is 303 g/mol. The molecule has 92 valence electrons. The van der Waals surface area contributed by atoms with Crippen LogP contribution in [0.3, 0.4) is 0 Å². The van der Waals surface area contributed by atoms with Crippen LogP contribution >= 0.6 is 22.6 Å². The molecule has 1 unspecified atom stereocenters. The van der Waals surface area contributed by atoms with E-state index in [4.69, 9.17) is 9.47 Å². The summed E-state index contributed by atoms with van der Waals surface area (Å²) < 4.78 is 12.7. The molecule has 0 aromatic carbocycles. The zero-order chi connectivity index (χ0) is 11.7. The molecule has 0 aromatic rings. The molecule has 0 aliphatic rings. The van der Waals surface area contributed by atoms with Gasteiger partial charge in [0.25, 0.3) is 0 Å². The third kappa shape index (κ3) is 10.9. The number of hydrogen-bond donors (Lipinski definition) is 0. The smallest absolute Gasteiger partial charge is 0.0813 e. The number of unbranched alkanes of at least 4 members (excludes halogenated alkanes) is 1. The van der Waals surface area contributed by atoms with Crippen molar-refractivity contribution in [3.63, 3.8) is 0 Å². The maximum Gasteiger partial charge on any atom is 0.0813 e. The van der Waals surface area contributed by atoms with Gasteiger partial charge in [0.15, 0.2) is 0 Å². The lowest BCUT2D eigenvalue weighted by molar-refractivity contribution is -0.0935. The van der Waals surface area contributed by atoms with Crippen LogP contribution in [0, 0.1) is 0 Å². The number of halogens is 1. The van der Waals surface area contributed by atoms with E-state index in [1.165, 1.54) is 10.8 Å². The number of alkyl halides is 1. The predicted molar refractivity (Wildman–Crippen MR) is 73.9 cm³/mol. The van der Waals surface area contributed by atoms with E-state index in [9.17, 15) is 0 Å². The molecule has 2 nitrogen and oxygen atoms in total. The highest BCUT2D eigenvalue weighted by Gasteiger charge is 2.17. The van der Waals surface area contributed by atoms with Gasteiger partial charge in [0.05, 0.1) is 18.3 Å². The molecule has 1 atom stereocenters. The first-order valence-corrected chi connectivity index (χ1v) is 7.33. The zero-order valence-corrected chi connectivity index (χ0v) is 12.7. The molecule has 0 aliphatic heterocycles. The Morgan fingerprint density at radius 3 is 2.33 bits per heavy atom. The van der Waals surface area contributed by atoms with Crippen molar-refractivity contribution in [1.29, 1.82) is 0 Å². The van der Waals surface area contributed by atoms with E-state index in [-0.39, 0.29) is 11.7 Å². The average Bonchev–Trinajstić information content (AvgIpc) is 2.14. The van der Waals surface area contributed by atoms with Crippen LogP contribution in [0.15, 0.2) is 0 Å². The van der Waals surface area contributed by atoms with E-state index in [0.29, 0.717) is 0 Å². The van der Waals surface area contributed by atoms with Gasteiger partial charge in [-0.25, -0.2) is 0 Å². The topological polar surface area (TPSA) is 18.5 Å². The number of hydrogen-bond acceptors (Lipinski definition) is 2. The van der Waals surface area contributed by atoms with Gasteiger partial charge in [-0.2, -0.15) is 0 Å². The lowest BCUT2D eigenvalue weighted by Crippen LogP contribution is -2.30. The third-order valence-corrected chi connectivity index (χ3v) is 2.71. The van der Waals surface area contributed by atoms with Crippen molar-refractivity contribution in [1.82, 2.24) is 0 Å². The molecule has 0 heterocycles. The fraction of sp³-hybridized carbons (Fsp3) is 1.00. The maximum absolute atomic E-state index is 5.87. The van der Waals surface area contributed by atoms with E-state index in [0.717, 1.165) is 26.1 Å². The standard InChI is InChI=1S/C12H25IO2/c1-5-11(15-12(2,3)4)10-14-9-7-6-8-13/h11H,5-10H2,1-4H3. The minimum Gasteiger partial charge on any atom is -0.379 e. The Kier molecular flexibility index (Phi) is 9.14. The van der Waals surface area contributed by atoms with Crippen LogP contribution in [0.5, 0.6) is 0 Å². The highest BCUT2D eigenvalue weighted by molar-refractivity contribution is 14.1. The van der Waals surface area contributed by atoms with Crippen molar-refractivity contribution in [2.24, 2.45) is 0 Å². The van der Waals surface area contributed by atoms with Gasteiger partial charge in [-0.05, 0) is 44.5 Å². The first-order chi connectivity index (χ1) is 6.99. The molecule has 0 aliphatic carbocycles.